The van der Waals surface area contributed by atoms with Crippen LogP contribution in [0.1, 0.15) is 118 Å². The van der Waals surface area contributed by atoms with Crippen LogP contribution >= 0.6 is 0 Å². The quantitative estimate of drug-likeness (QED) is 0.00962. The van der Waals surface area contributed by atoms with Gasteiger partial charge in [-0.3, -0.25) is 34.6 Å². The number of para-hydroxylation sites is 4. The van der Waals surface area contributed by atoms with Crippen LogP contribution in [0, 0.1) is 20.2 Å². The second kappa shape index (κ2) is 34.1. The molecule has 0 fully saturated rings. The Bertz CT molecular complexity index is 3530. The van der Waals surface area contributed by atoms with Crippen LogP contribution in [0.15, 0.2) is 158 Å². The van der Waals surface area contributed by atoms with Gasteiger partial charge in [0, 0.05) is 54.5 Å². The monoisotopic (exact) mass is 1290 g/mol. The molecule has 0 aliphatic carbocycles. The number of rotatable bonds is 24. The van der Waals surface area contributed by atoms with Crippen LogP contribution < -0.4 is 15.6 Å². The fraction of sp³-hybridized carbons (Fsp3) is 0.343. The average molecular weight is 1290 g/mol. The number of hydrogen-bond donors (Lipinski definition) is 3. The zero-order valence-electron chi connectivity index (χ0n) is 53.1. The molecule has 91 heavy (non-hydrogen) atoms. The van der Waals surface area contributed by atoms with Gasteiger partial charge in [0.1, 0.15) is 34.5 Å². The molecule has 0 spiro atoms. The molecule has 0 radical (unpaired) electrons. The number of carbonyl (C=O) groups excluding carboxylic acids is 4. The maximum absolute atomic E-state index is 13.6. The zero-order valence-corrected chi connectivity index (χ0v) is 55.1. The molecule has 0 saturated heterocycles. The summed E-state index contributed by atoms with van der Waals surface area (Å²) in [5.41, 5.74) is 1.57. The van der Waals surface area contributed by atoms with E-state index < -0.39 is 74.1 Å². The lowest BCUT2D eigenvalue weighted by Gasteiger charge is -2.36. The molecule has 1 heterocycles. The van der Waals surface area contributed by atoms with Crippen LogP contribution in [0.2, 0.25) is 36.3 Å². The summed E-state index contributed by atoms with van der Waals surface area (Å²) >= 11 is 0. The Hall–Kier alpha value is -9.21. The van der Waals surface area contributed by atoms with Crippen LogP contribution in [0.25, 0.3) is 11.3 Å². The van der Waals surface area contributed by atoms with E-state index in [2.05, 4.69) is 59.6 Å². The molecule has 0 saturated carbocycles. The smallest absolute Gasteiger partial charge is 0.356 e. The van der Waals surface area contributed by atoms with Gasteiger partial charge < -0.3 is 48.8 Å². The molecule has 3 atom stereocenters. The SMILES string of the molecule is C.CC(=O)O.COC(=O)C(OC(=O)C(CCO[Si](C)(C)C(C)(C)C)c1ccccc1[N+](=O)[O-])C(=O)c1ccc(Oc2ccccc2)cc1.COC(=O)c1[nH]c(C(CCO[Si](C)(C)C(C)(C)C)c2ccccc2[N+](=O)[O-])nc1-c1ccc(Oc2ccccc2)cc1.N. The Morgan fingerprint density at radius 3 is 1.43 bits per heavy atom. The normalized spacial score (nSPS) is 12.2. The van der Waals surface area contributed by atoms with Crippen molar-refractivity contribution in [2.45, 2.75) is 123 Å². The second-order valence-electron chi connectivity index (χ2n) is 23.5. The molecule has 3 unspecified atom stereocenters. The predicted molar refractivity (Wildman–Crippen MR) is 352 cm³/mol. The number of nitro benzene ring substituents is 2. The van der Waals surface area contributed by atoms with E-state index in [0.717, 1.165) is 14.0 Å². The summed E-state index contributed by atoms with van der Waals surface area (Å²) in [6.07, 6.45) is -1.47. The lowest BCUT2D eigenvalue weighted by Crippen LogP contribution is -2.41. The fourth-order valence-corrected chi connectivity index (χ4v) is 10.5. The second-order valence-corrected chi connectivity index (χ2v) is 33.1. The van der Waals surface area contributed by atoms with Crippen molar-refractivity contribution in [3.63, 3.8) is 0 Å². The highest BCUT2D eigenvalue weighted by molar-refractivity contribution is 6.74. The van der Waals surface area contributed by atoms with Crippen molar-refractivity contribution in [2.24, 2.45) is 0 Å². The first-order chi connectivity index (χ1) is 41.9. The number of aliphatic carboxylic acids is 1. The number of H-pyrrole nitrogens is 1. The number of hydrogen-bond acceptors (Lipinski definition) is 18. The predicted octanol–water partition coefficient (Wildman–Crippen LogP) is 15.8. The highest BCUT2D eigenvalue weighted by Gasteiger charge is 2.41. The van der Waals surface area contributed by atoms with Gasteiger partial charge in [0.15, 0.2) is 22.3 Å². The molecule has 5 N–H and O–H groups in total. The van der Waals surface area contributed by atoms with E-state index in [1.54, 1.807) is 60.7 Å². The lowest BCUT2D eigenvalue weighted by atomic mass is 9.93. The van der Waals surface area contributed by atoms with Crippen LogP contribution in [0.4, 0.5) is 11.4 Å². The third-order valence-corrected chi connectivity index (χ3v) is 24.3. The van der Waals surface area contributed by atoms with Crippen molar-refractivity contribution in [3.8, 4) is 34.3 Å². The van der Waals surface area contributed by atoms with Crippen LogP contribution in [0.3, 0.4) is 0 Å². The fourth-order valence-electron chi connectivity index (χ4n) is 8.33. The number of imidazole rings is 1. The molecule has 7 aromatic rings. The summed E-state index contributed by atoms with van der Waals surface area (Å²) in [5, 5.41) is 31.1. The summed E-state index contributed by atoms with van der Waals surface area (Å²) in [5.74, 6) is -3.23. The molecule has 488 valence electrons. The third kappa shape index (κ3) is 21.5. The number of carboxylic acid groups (broad SMARTS) is 1. The molecule has 0 amide bonds. The minimum absolute atomic E-state index is 0. The molecule has 0 aliphatic heterocycles. The number of ether oxygens (including phenoxy) is 5. The number of nitrogens with zero attached hydrogens (tertiary/aromatic N) is 3. The molecule has 22 nitrogen and oxygen atoms in total. The topological polar surface area (TPSA) is 320 Å². The van der Waals surface area contributed by atoms with Gasteiger partial charge >= 0.3 is 17.9 Å². The van der Waals surface area contributed by atoms with E-state index in [0.29, 0.717) is 58.7 Å². The van der Waals surface area contributed by atoms with E-state index in [1.807, 2.05) is 73.8 Å². The number of nitrogens with one attached hydrogen (secondary N) is 1. The molecule has 0 aliphatic rings. The molecule has 6 aromatic carbocycles. The van der Waals surface area contributed by atoms with Gasteiger partial charge in [0.25, 0.3) is 23.4 Å². The van der Waals surface area contributed by atoms with Crippen molar-refractivity contribution in [1.29, 1.82) is 0 Å². The van der Waals surface area contributed by atoms with E-state index >= 15 is 0 Å². The van der Waals surface area contributed by atoms with Crippen molar-refractivity contribution >= 4 is 57.7 Å². The Labute approximate surface area is 533 Å². The van der Waals surface area contributed by atoms with Crippen molar-refractivity contribution in [3.05, 3.63) is 206 Å². The van der Waals surface area contributed by atoms with E-state index in [-0.39, 0.29) is 64.9 Å². The van der Waals surface area contributed by atoms with Crippen LogP contribution in [-0.4, -0.2) is 105 Å². The van der Waals surface area contributed by atoms with Gasteiger partial charge in [0.2, 0.25) is 5.78 Å². The Morgan fingerprint density at radius 2 is 0.989 bits per heavy atom. The Balaban J connectivity index is 0.000000440. The number of carbonyl (C=O) groups is 5. The highest BCUT2D eigenvalue weighted by atomic mass is 28.4. The number of ketones is 1. The number of nitro groups is 2. The first-order valence-electron chi connectivity index (χ1n) is 28.5. The number of Topliss-reactive ketones (excluding diaryl/α,β-unsaturated/α-hetero) is 1. The van der Waals surface area contributed by atoms with Gasteiger partial charge in [-0.1, -0.05) is 122 Å². The van der Waals surface area contributed by atoms with Gasteiger partial charge in [0.05, 0.1) is 35.9 Å². The lowest BCUT2D eigenvalue weighted by molar-refractivity contribution is -0.385. The minimum Gasteiger partial charge on any atom is -0.481 e. The van der Waals surface area contributed by atoms with Gasteiger partial charge in [-0.25, -0.2) is 14.6 Å². The first kappa shape index (κ1) is 76.0. The minimum atomic E-state index is -2.21. The largest absolute Gasteiger partial charge is 0.481 e. The third-order valence-electron chi connectivity index (χ3n) is 15.2. The van der Waals surface area contributed by atoms with Gasteiger partial charge in [-0.05, 0) is 122 Å². The van der Waals surface area contributed by atoms with Crippen LogP contribution in [-0.2, 0) is 37.4 Å². The average Bonchev–Trinajstić information content (AvgIpc) is 1.73. The van der Waals surface area contributed by atoms with E-state index in [1.165, 1.54) is 43.5 Å². The number of aromatic nitrogens is 2. The molecule has 0 bridgehead atoms. The Kier molecular flexibility index (Phi) is 28.5. The Morgan fingerprint density at radius 1 is 0.582 bits per heavy atom. The van der Waals surface area contributed by atoms with E-state index in [9.17, 15) is 39.4 Å². The molecule has 1 aromatic heterocycles. The summed E-state index contributed by atoms with van der Waals surface area (Å²) < 4.78 is 39.7. The van der Waals surface area contributed by atoms with Crippen molar-refractivity contribution < 1.29 is 71.5 Å². The standard InChI is InChI=1S/C32H37N3O6Si.C32H37NO9Si.C2H4O2.CH4.H3N/c1-32(2,3)42(5,6)40-21-20-26(25-14-10-11-15-27(25)35(37)38)30-33-28(29(34-30)31(36)39-4)22-16-18-24(19-17-22)41-23-12-8-7-9-13-23;1-32(2,3)43(5,6)40-21-20-26(25-14-10-11-15-27(25)33(37)38)30(35)42-29(31(36)39-4)28(34)22-16-18-24(19-17-22)41-23-12-8-7-9-13-23;1-2(3)4;;/h7-19,26H,20-21H2,1-6H3,(H,33,34);7-19,26,29H,20-21H2,1-6H3;1H3,(H,3,4);1H4;1H3. The zero-order chi connectivity index (χ0) is 65.9. The summed E-state index contributed by atoms with van der Waals surface area (Å²) in [6, 6.07) is 44.1. The number of benzene rings is 6. The van der Waals surface area contributed by atoms with Crippen molar-refractivity contribution in [1.82, 2.24) is 16.1 Å². The molecular formula is C67H85N5O17Si2. The van der Waals surface area contributed by atoms with Crippen LogP contribution in [0.5, 0.6) is 23.0 Å². The van der Waals surface area contributed by atoms with E-state index in [4.69, 9.17) is 47.4 Å². The molecule has 7 rings (SSSR count). The summed E-state index contributed by atoms with van der Waals surface area (Å²) in [6.45, 7) is 22.7. The first-order valence-corrected chi connectivity index (χ1v) is 34.3. The van der Waals surface area contributed by atoms with Crippen molar-refractivity contribution in [2.75, 3.05) is 27.4 Å². The van der Waals surface area contributed by atoms with Gasteiger partial charge in [-0.2, -0.15) is 0 Å². The number of aromatic amines is 1. The molecule has 24 heteroatoms. The number of esters is 3. The molecular weight excluding hydrogens is 1200 g/mol. The maximum atomic E-state index is 13.6. The summed E-state index contributed by atoms with van der Waals surface area (Å²) in [4.78, 5) is 92.4. The number of carboxylic acids is 1. The van der Waals surface area contributed by atoms with Gasteiger partial charge in [-0.15, -0.1) is 0 Å². The maximum Gasteiger partial charge on any atom is 0.356 e. The highest BCUT2D eigenvalue weighted by Crippen LogP contribution is 2.41. The summed E-state index contributed by atoms with van der Waals surface area (Å²) in [7, 11) is -1.92. The number of methoxy groups -OCH3 is 2.